The summed E-state index contributed by atoms with van der Waals surface area (Å²) in [6.45, 7) is 1.32. The molecule has 0 amide bonds. The van der Waals surface area contributed by atoms with Gasteiger partial charge in [-0.15, -0.1) is 0 Å². The Bertz CT molecular complexity index is 396. The van der Waals surface area contributed by atoms with Crippen LogP contribution in [0.5, 0.6) is 0 Å². The van der Waals surface area contributed by atoms with E-state index in [0.29, 0.717) is 10.6 Å². The van der Waals surface area contributed by atoms with Gasteiger partial charge in [-0.05, 0) is 19.1 Å². The van der Waals surface area contributed by atoms with Gasteiger partial charge >= 0.3 is 5.97 Å². The van der Waals surface area contributed by atoms with Crippen LogP contribution in [0.2, 0.25) is 5.02 Å². The van der Waals surface area contributed by atoms with Gasteiger partial charge in [0.25, 0.3) is 0 Å². The number of carboxylic acids is 1. The fourth-order valence-electron chi connectivity index (χ4n) is 0.957. The van der Waals surface area contributed by atoms with E-state index in [9.17, 15) is 9.90 Å². The Morgan fingerprint density at radius 2 is 1.86 bits per heavy atom. The normalized spacial score (nSPS) is 12.1. The molecule has 3 nitrogen and oxygen atoms in total. The van der Waals surface area contributed by atoms with Crippen molar-refractivity contribution in [1.29, 1.82) is 0 Å². The summed E-state index contributed by atoms with van der Waals surface area (Å²) < 4.78 is 0. The van der Waals surface area contributed by atoms with Crippen molar-refractivity contribution in [3.05, 3.63) is 40.4 Å². The van der Waals surface area contributed by atoms with Gasteiger partial charge in [-0.1, -0.05) is 23.7 Å². The second-order valence-corrected chi connectivity index (χ2v) is 3.17. The summed E-state index contributed by atoms with van der Waals surface area (Å²) >= 11 is 5.78. The Morgan fingerprint density at radius 1 is 1.29 bits per heavy atom. The molecule has 0 saturated heterocycles. The van der Waals surface area contributed by atoms with Crippen LogP contribution in [-0.4, -0.2) is 16.2 Å². The first kappa shape index (κ1) is 10.6. The van der Waals surface area contributed by atoms with Crippen LogP contribution in [0.4, 0.5) is 0 Å². The molecule has 1 aromatic rings. The summed E-state index contributed by atoms with van der Waals surface area (Å²) in [6.07, 6.45) is 0. The number of hydrogen-bond donors (Lipinski definition) is 2. The number of aliphatic hydroxyl groups excluding tert-OH is 1. The molecule has 0 fully saturated rings. The second-order valence-electron chi connectivity index (χ2n) is 2.76. The van der Waals surface area contributed by atoms with Crippen LogP contribution in [0.25, 0.3) is 5.76 Å². The van der Waals surface area contributed by atoms with Gasteiger partial charge in [-0.2, -0.15) is 0 Å². The maximum absolute atomic E-state index is 10.6. The summed E-state index contributed by atoms with van der Waals surface area (Å²) in [7, 11) is 0. The molecule has 74 valence electrons. The smallest absolute Gasteiger partial charge is 0.335 e. The number of carbonyl (C=O) groups is 1. The largest absolute Gasteiger partial charge is 0.507 e. The molecule has 1 rings (SSSR count). The van der Waals surface area contributed by atoms with Crippen LogP contribution >= 0.6 is 11.6 Å². The van der Waals surface area contributed by atoms with Crippen molar-refractivity contribution in [2.75, 3.05) is 0 Å². The molecule has 0 atom stereocenters. The Hall–Kier alpha value is -1.48. The fraction of sp³-hybridized carbons (Fsp3) is 0.100. The molecule has 0 aromatic heterocycles. The highest BCUT2D eigenvalue weighted by atomic mass is 35.5. The van der Waals surface area contributed by atoms with E-state index in [1.165, 1.54) is 6.92 Å². The summed E-state index contributed by atoms with van der Waals surface area (Å²) in [5, 5.41) is 18.5. The third-order valence-corrected chi connectivity index (χ3v) is 2.13. The molecule has 0 heterocycles. The van der Waals surface area contributed by atoms with E-state index in [2.05, 4.69) is 0 Å². The van der Waals surface area contributed by atoms with E-state index < -0.39 is 5.97 Å². The Kier molecular flexibility index (Phi) is 3.14. The fourth-order valence-corrected chi connectivity index (χ4v) is 1.18. The highest BCUT2D eigenvalue weighted by Gasteiger charge is 2.12. The Labute approximate surface area is 86.3 Å². The van der Waals surface area contributed by atoms with Gasteiger partial charge in [0.15, 0.2) is 0 Å². The van der Waals surface area contributed by atoms with Crippen LogP contribution < -0.4 is 0 Å². The molecule has 0 unspecified atom stereocenters. The monoisotopic (exact) mass is 212 g/mol. The summed E-state index contributed by atoms with van der Waals surface area (Å²) in [5.41, 5.74) is 0.201. The number of hydrogen-bond acceptors (Lipinski definition) is 2. The van der Waals surface area contributed by atoms with Crippen molar-refractivity contribution < 1.29 is 15.0 Å². The zero-order valence-electron chi connectivity index (χ0n) is 7.49. The Balaban J connectivity index is 3.25. The molecule has 0 aliphatic heterocycles. The number of aliphatic carboxylic acids is 1. The standard InChI is InChI=1S/C10H9ClO3/c1-6(10(13)14)9(12)7-4-2-3-5-8(7)11/h2-5,12H,1H3,(H,13,14). The minimum Gasteiger partial charge on any atom is -0.507 e. The molecule has 0 bridgehead atoms. The molecule has 0 radical (unpaired) electrons. The molecule has 14 heavy (non-hydrogen) atoms. The van der Waals surface area contributed by atoms with Crippen LogP contribution in [0, 0.1) is 0 Å². The average Bonchev–Trinajstić information content (AvgIpc) is 2.16. The minimum absolute atomic E-state index is 0.127. The topological polar surface area (TPSA) is 57.5 Å². The van der Waals surface area contributed by atoms with Gasteiger partial charge in [-0.3, -0.25) is 0 Å². The Morgan fingerprint density at radius 3 is 2.36 bits per heavy atom. The third kappa shape index (κ3) is 2.06. The quantitative estimate of drug-likeness (QED) is 0.585. The van der Waals surface area contributed by atoms with E-state index in [-0.39, 0.29) is 11.3 Å². The van der Waals surface area contributed by atoms with E-state index in [0.717, 1.165) is 0 Å². The average molecular weight is 213 g/mol. The number of aliphatic hydroxyl groups is 1. The van der Waals surface area contributed by atoms with Gasteiger partial charge < -0.3 is 10.2 Å². The first-order valence-corrected chi connectivity index (χ1v) is 4.30. The lowest BCUT2D eigenvalue weighted by Crippen LogP contribution is -2.00. The van der Waals surface area contributed by atoms with Gasteiger partial charge in [0.2, 0.25) is 0 Å². The number of halogens is 1. The lowest BCUT2D eigenvalue weighted by molar-refractivity contribution is -0.132. The van der Waals surface area contributed by atoms with Crippen molar-refractivity contribution in [3.63, 3.8) is 0 Å². The zero-order chi connectivity index (χ0) is 10.7. The molecule has 0 spiro atoms. The van der Waals surface area contributed by atoms with Crippen molar-refractivity contribution in [2.24, 2.45) is 0 Å². The molecule has 0 aliphatic carbocycles. The van der Waals surface area contributed by atoms with Gasteiger partial charge in [0, 0.05) is 5.56 Å². The van der Waals surface area contributed by atoms with Crippen molar-refractivity contribution in [3.8, 4) is 0 Å². The molecular formula is C10H9ClO3. The minimum atomic E-state index is -1.16. The predicted octanol–water partition coefficient (Wildman–Crippen LogP) is 2.71. The zero-order valence-corrected chi connectivity index (χ0v) is 8.25. The summed E-state index contributed by atoms with van der Waals surface area (Å²) in [4.78, 5) is 10.6. The molecular weight excluding hydrogens is 204 g/mol. The van der Waals surface area contributed by atoms with E-state index in [1.807, 2.05) is 0 Å². The second kappa shape index (κ2) is 4.15. The SMILES string of the molecule is CC(C(=O)O)=C(O)c1ccccc1Cl. The molecule has 0 aliphatic rings. The molecule has 2 N–H and O–H groups in total. The van der Waals surface area contributed by atoms with Crippen molar-refractivity contribution >= 4 is 23.3 Å². The highest BCUT2D eigenvalue weighted by molar-refractivity contribution is 6.32. The van der Waals surface area contributed by atoms with E-state index in [1.54, 1.807) is 24.3 Å². The number of rotatable bonds is 2. The van der Waals surface area contributed by atoms with Crippen molar-refractivity contribution in [2.45, 2.75) is 6.92 Å². The maximum atomic E-state index is 10.6. The van der Waals surface area contributed by atoms with E-state index >= 15 is 0 Å². The highest BCUT2D eigenvalue weighted by Crippen LogP contribution is 2.23. The van der Waals surface area contributed by atoms with Crippen LogP contribution in [0.15, 0.2) is 29.8 Å². The van der Waals surface area contributed by atoms with Crippen LogP contribution in [0.3, 0.4) is 0 Å². The lowest BCUT2D eigenvalue weighted by Gasteiger charge is -2.04. The summed E-state index contributed by atoms with van der Waals surface area (Å²) in [5.74, 6) is -1.47. The van der Waals surface area contributed by atoms with E-state index in [4.69, 9.17) is 16.7 Å². The van der Waals surface area contributed by atoms with Crippen LogP contribution in [0.1, 0.15) is 12.5 Å². The van der Waals surface area contributed by atoms with Crippen LogP contribution in [-0.2, 0) is 4.79 Å². The maximum Gasteiger partial charge on any atom is 0.335 e. The first-order valence-electron chi connectivity index (χ1n) is 3.92. The third-order valence-electron chi connectivity index (χ3n) is 1.80. The van der Waals surface area contributed by atoms with Gasteiger partial charge in [0.1, 0.15) is 5.76 Å². The lowest BCUT2D eigenvalue weighted by atomic mass is 10.1. The molecule has 1 aromatic carbocycles. The van der Waals surface area contributed by atoms with Gasteiger partial charge in [-0.25, -0.2) is 4.79 Å². The number of benzene rings is 1. The summed E-state index contributed by atoms with van der Waals surface area (Å²) in [6, 6.07) is 6.52. The predicted molar refractivity (Wildman–Crippen MR) is 54.3 cm³/mol. The van der Waals surface area contributed by atoms with Crippen molar-refractivity contribution in [1.82, 2.24) is 0 Å². The molecule has 4 heteroatoms. The van der Waals surface area contributed by atoms with Gasteiger partial charge in [0.05, 0.1) is 10.6 Å². The first-order chi connectivity index (χ1) is 6.54. The molecule has 0 saturated carbocycles. The number of carboxylic acid groups (broad SMARTS) is 1.